The summed E-state index contributed by atoms with van der Waals surface area (Å²) in [5, 5.41) is 13.8. The maximum Gasteiger partial charge on any atom is 0.162 e. The molecule has 1 atom stereocenters. The van der Waals surface area contributed by atoms with Crippen LogP contribution in [0.2, 0.25) is 0 Å². The van der Waals surface area contributed by atoms with Gasteiger partial charge in [-0.1, -0.05) is 20.8 Å². The number of carbonyl (C=O) groups excluding carboxylic acids is 1. The summed E-state index contributed by atoms with van der Waals surface area (Å²) in [6, 6.07) is 1.89. The van der Waals surface area contributed by atoms with Crippen molar-refractivity contribution in [1.82, 2.24) is 9.78 Å². The van der Waals surface area contributed by atoms with Crippen LogP contribution in [0.15, 0.2) is 12.3 Å². The van der Waals surface area contributed by atoms with Crippen molar-refractivity contribution in [2.45, 2.75) is 39.7 Å². The van der Waals surface area contributed by atoms with Crippen molar-refractivity contribution in [2.24, 2.45) is 12.5 Å². The predicted molar refractivity (Wildman–Crippen MR) is 62.0 cm³/mol. The summed E-state index contributed by atoms with van der Waals surface area (Å²) in [5.41, 5.74) is 0.623. The van der Waals surface area contributed by atoms with Gasteiger partial charge in [0, 0.05) is 25.4 Å². The van der Waals surface area contributed by atoms with Gasteiger partial charge in [-0.15, -0.1) is 0 Å². The van der Waals surface area contributed by atoms with E-state index in [-0.39, 0.29) is 11.2 Å². The Morgan fingerprint density at radius 3 is 2.62 bits per heavy atom. The molecule has 0 saturated heterocycles. The summed E-state index contributed by atoms with van der Waals surface area (Å²) in [5.74, 6) is -0.103. The zero-order valence-corrected chi connectivity index (χ0v) is 10.4. The van der Waals surface area contributed by atoms with Gasteiger partial charge in [-0.2, -0.15) is 5.10 Å². The topological polar surface area (TPSA) is 55.1 Å². The quantitative estimate of drug-likeness (QED) is 0.839. The second kappa shape index (κ2) is 4.78. The number of ketones is 1. The number of aryl methyl sites for hydroxylation is 2. The van der Waals surface area contributed by atoms with Crippen LogP contribution in [0.25, 0.3) is 0 Å². The van der Waals surface area contributed by atoms with Crippen molar-refractivity contribution >= 4 is 5.78 Å². The van der Waals surface area contributed by atoms with Gasteiger partial charge in [-0.25, -0.2) is 0 Å². The number of hydrogen-bond acceptors (Lipinski definition) is 3. The molecule has 0 saturated carbocycles. The van der Waals surface area contributed by atoms with Gasteiger partial charge in [0.1, 0.15) is 6.10 Å². The molecule has 1 aromatic rings. The number of aliphatic hydroxyl groups is 1. The maximum atomic E-state index is 11.7. The van der Waals surface area contributed by atoms with Crippen LogP contribution in [0.3, 0.4) is 0 Å². The first kappa shape index (κ1) is 12.9. The Bertz CT molecular complexity index is 363. The molecule has 0 spiro atoms. The van der Waals surface area contributed by atoms with Crippen molar-refractivity contribution in [3.8, 4) is 0 Å². The number of hydrogen-bond donors (Lipinski definition) is 1. The van der Waals surface area contributed by atoms with E-state index in [0.717, 1.165) is 5.69 Å². The van der Waals surface area contributed by atoms with E-state index in [9.17, 15) is 9.90 Å². The number of carbonyl (C=O) groups is 1. The molecular formula is C12H20N2O2. The Balaban J connectivity index is 2.51. The van der Waals surface area contributed by atoms with Crippen LogP contribution < -0.4 is 0 Å². The highest BCUT2D eigenvalue weighted by Gasteiger charge is 2.28. The van der Waals surface area contributed by atoms with Gasteiger partial charge in [-0.05, 0) is 17.9 Å². The van der Waals surface area contributed by atoms with Crippen LogP contribution in [-0.4, -0.2) is 26.8 Å². The smallest absolute Gasteiger partial charge is 0.162 e. The molecule has 16 heavy (non-hydrogen) atoms. The molecule has 1 heterocycles. The average molecular weight is 224 g/mol. The lowest BCUT2D eigenvalue weighted by Gasteiger charge is -2.24. The zero-order valence-electron chi connectivity index (χ0n) is 10.4. The van der Waals surface area contributed by atoms with Crippen LogP contribution in [0.1, 0.15) is 32.9 Å². The molecule has 0 amide bonds. The molecule has 90 valence electrons. The molecule has 0 aliphatic heterocycles. The fraction of sp³-hybridized carbons (Fsp3) is 0.667. The summed E-state index contributed by atoms with van der Waals surface area (Å²) in [6.45, 7) is 5.58. The maximum absolute atomic E-state index is 11.7. The van der Waals surface area contributed by atoms with Crippen molar-refractivity contribution in [3.63, 3.8) is 0 Å². The van der Waals surface area contributed by atoms with Gasteiger partial charge >= 0.3 is 0 Å². The normalized spacial score (nSPS) is 13.8. The molecular weight excluding hydrogens is 204 g/mol. The number of aliphatic hydroxyl groups excluding tert-OH is 1. The minimum atomic E-state index is -0.888. The van der Waals surface area contributed by atoms with Gasteiger partial charge in [-0.3, -0.25) is 9.48 Å². The Morgan fingerprint density at radius 1 is 1.56 bits per heavy atom. The van der Waals surface area contributed by atoms with E-state index in [1.54, 1.807) is 10.9 Å². The standard InChI is InChI=1S/C12H20N2O2/c1-12(2,3)11(16)10(15)6-5-9-7-8-13-14(9)4/h7-8,11,16H,5-6H2,1-4H3. The van der Waals surface area contributed by atoms with Gasteiger partial charge < -0.3 is 5.11 Å². The van der Waals surface area contributed by atoms with Gasteiger partial charge in [0.05, 0.1) is 0 Å². The molecule has 4 heteroatoms. The molecule has 0 radical (unpaired) electrons. The number of nitrogens with zero attached hydrogens (tertiary/aromatic N) is 2. The van der Waals surface area contributed by atoms with Crippen LogP contribution in [0.4, 0.5) is 0 Å². The average Bonchev–Trinajstić information content (AvgIpc) is 2.58. The van der Waals surface area contributed by atoms with Crippen molar-refractivity contribution in [2.75, 3.05) is 0 Å². The van der Waals surface area contributed by atoms with E-state index in [4.69, 9.17) is 0 Å². The van der Waals surface area contributed by atoms with E-state index in [1.165, 1.54) is 0 Å². The fourth-order valence-electron chi connectivity index (χ4n) is 1.52. The molecule has 0 aliphatic carbocycles. The van der Waals surface area contributed by atoms with Crippen LogP contribution in [0, 0.1) is 5.41 Å². The Kier molecular flexibility index (Phi) is 3.86. The first-order chi connectivity index (χ1) is 7.32. The van der Waals surface area contributed by atoms with E-state index in [1.807, 2.05) is 33.9 Å². The first-order valence-corrected chi connectivity index (χ1v) is 5.50. The molecule has 4 nitrogen and oxygen atoms in total. The molecule has 1 N–H and O–H groups in total. The second-order valence-corrected chi connectivity index (χ2v) is 5.18. The van der Waals surface area contributed by atoms with E-state index in [2.05, 4.69) is 5.10 Å². The third kappa shape index (κ3) is 3.17. The van der Waals surface area contributed by atoms with Crippen LogP contribution in [-0.2, 0) is 18.3 Å². The highest BCUT2D eigenvalue weighted by atomic mass is 16.3. The molecule has 0 aliphatic rings. The third-order valence-electron chi connectivity index (χ3n) is 2.68. The summed E-state index contributed by atoms with van der Waals surface area (Å²) >= 11 is 0. The molecule has 1 rings (SSSR count). The van der Waals surface area contributed by atoms with E-state index in [0.29, 0.717) is 12.8 Å². The highest BCUT2D eigenvalue weighted by molar-refractivity contribution is 5.83. The fourth-order valence-corrected chi connectivity index (χ4v) is 1.52. The lowest BCUT2D eigenvalue weighted by molar-refractivity contribution is -0.132. The van der Waals surface area contributed by atoms with Crippen molar-refractivity contribution in [3.05, 3.63) is 18.0 Å². The predicted octanol–water partition coefficient (Wildman–Crippen LogP) is 1.33. The minimum Gasteiger partial charge on any atom is -0.385 e. The lowest BCUT2D eigenvalue weighted by Crippen LogP contribution is -2.34. The van der Waals surface area contributed by atoms with Crippen LogP contribution >= 0.6 is 0 Å². The largest absolute Gasteiger partial charge is 0.385 e. The first-order valence-electron chi connectivity index (χ1n) is 5.50. The van der Waals surface area contributed by atoms with Gasteiger partial charge in [0.25, 0.3) is 0 Å². The second-order valence-electron chi connectivity index (χ2n) is 5.18. The molecule has 1 aromatic heterocycles. The molecule has 1 unspecified atom stereocenters. The highest BCUT2D eigenvalue weighted by Crippen LogP contribution is 2.21. The Labute approximate surface area is 96.3 Å². The summed E-state index contributed by atoms with van der Waals surface area (Å²) in [7, 11) is 1.85. The lowest BCUT2D eigenvalue weighted by atomic mass is 9.85. The summed E-state index contributed by atoms with van der Waals surface area (Å²) in [4.78, 5) is 11.7. The molecule has 0 bridgehead atoms. The van der Waals surface area contributed by atoms with Gasteiger partial charge in [0.2, 0.25) is 0 Å². The zero-order chi connectivity index (χ0) is 12.3. The van der Waals surface area contributed by atoms with Crippen LogP contribution in [0.5, 0.6) is 0 Å². The molecule has 0 fully saturated rings. The monoisotopic (exact) mass is 224 g/mol. The summed E-state index contributed by atoms with van der Waals surface area (Å²) in [6.07, 6.45) is 1.81. The number of Topliss-reactive ketones (excluding diaryl/α,β-unsaturated/α-hetero) is 1. The SMILES string of the molecule is Cn1nccc1CCC(=O)C(O)C(C)(C)C. The van der Waals surface area contributed by atoms with Crippen molar-refractivity contribution < 1.29 is 9.90 Å². The van der Waals surface area contributed by atoms with Gasteiger partial charge in [0.15, 0.2) is 5.78 Å². The van der Waals surface area contributed by atoms with E-state index < -0.39 is 6.10 Å². The summed E-state index contributed by atoms with van der Waals surface area (Å²) < 4.78 is 1.75. The van der Waals surface area contributed by atoms with E-state index >= 15 is 0 Å². The van der Waals surface area contributed by atoms with Crippen molar-refractivity contribution in [1.29, 1.82) is 0 Å². The third-order valence-corrected chi connectivity index (χ3v) is 2.68. The number of rotatable bonds is 4. The Morgan fingerprint density at radius 2 is 2.19 bits per heavy atom. The number of aromatic nitrogens is 2. The molecule has 0 aromatic carbocycles. The minimum absolute atomic E-state index is 0.103. The Hall–Kier alpha value is -1.16.